The SMILES string of the molecule is Cc1cccc2c(/C=C/C(=O)O)c(Cl)n(C)c12. The van der Waals surface area contributed by atoms with Gasteiger partial charge < -0.3 is 9.67 Å². The number of para-hydroxylation sites is 1. The molecule has 88 valence electrons. The zero-order valence-electron chi connectivity index (χ0n) is 9.57. The van der Waals surface area contributed by atoms with Crippen LogP contribution in [0.15, 0.2) is 24.3 Å². The summed E-state index contributed by atoms with van der Waals surface area (Å²) in [6.45, 7) is 2.00. The van der Waals surface area contributed by atoms with Gasteiger partial charge in [0.1, 0.15) is 5.15 Å². The van der Waals surface area contributed by atoms with Crippen LogP contribution in [0.25, 0.3) is 17.0 Å². The molecule has 0 aliphatic carbocycles. The molecule has 0 aliphatic heterocycles. The van der Waals surface area contributed by atoms with Crippen LogP contribution in [0.3, 0.4) is 0 Å². The molecule has 1 aromatic carbocycles. The normalized spacial score (nSPS) is 11.5. The third kappa shape index (κ3) is 1.94. The van der Waals surface area contributed by atoms with Gasteiger partial charge in [0, 0.05) is 24.1 Å². The van der Waals surface area contributed by atoms with Gasteiger partial charge in [-0.3, -0.25) is 0 Å². The van der Waals surface area contributed by atoms with Gasteiger partial charge in [-0.05, 0) is 18.6 Å². The first-order valence-corrected chi connectivity index (χ1v) is 5.54. The van der Waals surface area contributed by atoms with E-state index in [1.807, 2.05) is 36.7 Å². The van der Waals surface area contributed by atoms with Crippen molar-refractivity contribution in [1.82, 2.24) is 4.57 Å². The van der Waals surface area contributed by atoms with Crippen LogP contribution >= 0.6 is 11.6 Å². The molecule has 0 atom stereocenters. The summed E-state index contributed by atoms with van der Waals surface area (Å²) >= 11 is 6.21. The number of aliphatic carboxylic acids is 1. The van der Waals surface area contributed by atoms with Crippen LogP contribution in [-0.2, 0) is 11.8 Å². The first-order valence-electron chi connectivity index (χ1n) is 5.17. The maximum absolute atomic E-state index is 10.6. The van der Waals surface area contributed by atoms with Gasteiger partial charge in [0.2, 0.25) is 0 Å². The first kappa shape index (κ1) is 11.7. The van der Waals surface area contributed by atoms with Crippen molar-refractivity contribution in [3.8, 4) is 0 Å². The number of aryl methyl sites for hydroxylation is 2. The molecule has 1 N–H and O–H groups in total. The van der Waals surface area contributed by atoms with E-state index in [0.29, 0.717) is 5.15 Å². The van der Waals surface area contributed by atoms with Gasteiger partial charge in [0.25, 0.3) is 0 Å². The molecule has 17 heavy (non-hydrogen) atoms. The molecule has 0 saturated carbocycles. The number of carbonyl (C=O) groups is 1. The van der Waals surface area contributed by atoms with Crippen molar-refractivity contribution in [2.24, 2.45) is 7.05 Å². The maximum Gasteiger partial charge on any atom is 0.328 e. The van der Waals surface area contributed by atoms with Gasteiger partial charge in [-0.15, -0.1) is 0 Å². The highest BCUT2D eigenvalue weighted by molar-refractivity contribution is 6.33. The van der Waals surface area contributed by atoms with Crippen molar-refractivity contribution in [2.45, 2.75) is 6.92 Å². The van der Waals surface area contributed by atoms with Crippen LogP contribution in [0, 0.1) is 6.92 Å². The highest BCUT2D eigenvalue weighted by atomic mass is 35.5. The van der Waals surface area contributed by atoms with E-state index in [9.17, 15) is 4.79 Å². The second-order valence-electron chi connectivity index (χ2n) is 3.91. The predicted octanol–water partition coefficient (Wildman–Crippen LogP) is 3.24. The second-order valence-corrected chi connectivity index (χ2v) is 4.26. The van der Waals surface area contributed by atoms with Gasteiger partial charge in [0.05, 0.1) is 5.52 Å². The topological polar surface area (TPSA) is 42.2 Å². The molecule has 1 aromatic heterocycles. The summed E-state index contributed by atoms with van der Waals surface area (Å²) in [6, 6.07) is 5.88. The van der Waals surface area contributed by atoms with Crippen molar-refractivity contribution in [2.75, 3.05) is 0 Å². The Kier molecular flexibility index (Phi) is 2.94. The lowest BCUT2D eigenvalue weighted by Crippen LogP contribution is -1.88. The van der Waals surface area contributed by atoms with Crippen LogP contribution < -0.4 is 0 Å². The molecule has 0 aliphatic rings. The molecule has 0 bridgehead atoms. The molecule has 2 rings (SSSR count). The van der Waals surface area contributed by atoms with E-state index in [0.717, 1.165) is 28.1 Å². The van der Waals surface area contributed by atoms with Crippen molar-refractivity contribution >= 4 is 34.5 Å². The van der Waals surface area contributed by atoms with E-state index in [-0.39, 0.29) is 0 Å². The average molecular weight is 250 g/mol. The lowest BCUT2D eigenvalue weighted by molar-refractivity contribution is -0.131. The summed E-state index contributed by atoms with van der Waals surface area (Å²) in [5.41, 5.74) is 2.89. The molecule has 0 radical (unpaired) electrons. The number of rotatable bonds is 2. The number of carboxylic acid groups (broad SMARTS) is 1. The van der Waals surface area contributed by atoms with Crippen LogP contribution in [0.5, 0.6) is 0 Å². The van der Waals surface area contributed by atoms with E-state index in [1.54, 1.807) is 0 Å². The standard InChI is InChI=1S/C13H12ClNO2/c1-8-4-3-5-9-10(6-7-11(16)17)13(14)15(2)12(8)9/h3-7H,1-2H3,(H,16,17)/b7-6+. The first-order chi connectivity index (χ1) is 8.02. The number of benzene rings is 1. The Labute approximate surface area is 104 Å². The third-order valence-electron chi connectivity index (χ3n) is 2.77. The quantitative estimate of drug-likeness (QED) is 0.831. The van der Waals surface area contributed by atoms with Crippen LogP contribution in [-0.4, -0.2) is 15.6 Å². The summed E-state index contributed by atoms with van der Waals surface area (Å²) in [4.78, 5) is 10.6. The summed E-state index contributed by atoms with van der Waals surface area (Å²) in [7, 11) is 1.87. The van der Waals surface area contributed by atoms with Gasteiger partial charge in [-0.2, -0.15) is 0 Å². The van der Waals surface area contributed by atoms with E-state index in [4.69, 9.17) is 16.7 Å². The molecule has 4 heteroatoms. The van der Waals surface area contributed by atoms with Crippen LogP contribution in [0.1, 0.15) is 11.1 Å². The fourth-order valence-electron chi connectivity index (χ4n) is 2.02. The van der Waals surface area contributed by atoms with Crippen molar-refractivity contribution in [1.29, 1.82) is 0 Å². The van der Waals surface area contributed by atoms with Gasteiger partial charge >= 0.3 is 5.97 Å². The van der Waals surface area contributed by atoms with E-state index in [1.165, 1.54) is 6.08 Å². The zero-order chi connectivity index (χ0) is 12.6. The Bertz CT molecular complexity index is 626. The van der Waals surface area contributed by atoms with E-state index < -0.39 is 5.97 Å². The Hall–Kier alpha value is -1.74. The number of fused-ring (bicyclic) bond motifs is 1. The highest BCUT2D eigenvalue weighted by Crippen LogP contribution is 2.31. The molecular weight excluding hydrogens is 238 g/mol. The summed E-state index contributed by atoms with van der Waals surface area (Å²) < 4.78 is 1.87. The number of carboxylic acids is 1. The monoisotopic (exact) mass is 249 g/mol. The molecular formula is C13H12ClNO2. The molecule has 1 heterocycles. The molecule has 0 saturated heterocycles. The van der Waals surface area contributed by atoms with Crippen LogP contribution in [0.2, 0.25) is 5.15 Å². The lowest BCUT2D eigenvalue weighted by atomic mass is 10.1. The minimum atomic E-state index is -0.981. The molecule has 0 fully saturated rings. The Morgan fingerprint density at radius 2 is 2.18 bits per heavy atom. The van der Waals surface area contributed by atoms with E-state index >= 15 is 0 Å². The number of aromatic nitrogens is 1. The lowest BCUT2D eigenvalue weighted by Gasteiger charge is -2.00. The summed E-state index contributed by atoms with van der Waals surface area (Å²) in [6.07, 6.45) is 2.63. The zero-order valence-corrected chi connectivity index (χ0v) is 10.3. The molecule has 3 nitrogen and oxygen atoms in total. The van der Waals surface area contributed by atoms with Gasteiger partial charge in [-0.25, -0.2) is 4.79 Å². The highest BCUT2D eigenvalue weighted by Gasteiger charge is 2.12. The predicted molar refractivity (Wildman–Crippen MR) is 69.3 cm³/mol. The number of halogens is 1. The third-order valence-corrected chi connectivity index (χ3v) is 3.23. The fourth-order valence-corrected chi connectivity index (χ4v) is 2.27. The minimum Gasteiger partial charge on any atom is -0.478 e. The van der Waals surface area contributed by atoms with Crippen LogP contribution in [0.4, 0.5) is 0 Å². The van der Waals surface area contributed by atoms with Crippen molar-refractivity contribution in [3.63, 3.8) is 0 Å². The maximum atomic E-state index is 10.6. The average Bonchev–Trinajstić information content (AvgIpc) is 2.51. The largest absolute Gasteiger partial charge is 0.478 e. The summed E-state index contributed by atoms with van der Waals surface area (Å²) in [5, 5.41) is 10.2. The number of hydrogen-bond donors (Lipinski definition) is 1. The second kappa shape index (κ2) is 4.26. The number of nitrogens with zero attached hydrogens (tertiary/aromatic N) is 1. The molecule has 0 unspecified atom stereocenters. The van der Waals surface area contributed by atoms with Gasteiger partial charge in [0.15, 0.2) is 0 Å². The smallest absolute Gasteiger partial charge is 0.328 e. The van der Waals surface area contributed by atoms with E-state index in [2.05, 4.69) is 0 Å². The van der Waals surface area contributed by atoms with Crippen molar-refractivity contribution < 1.29 is 9.90 Å². The number of hydrogen-bond acceptors (Lipinski definition) is 1. The molecule has 0 amide bonds. The summed E-state index contributed by atoms with van der Waals surface area (Å²) in [5.74, 6) is -0.981. The fraction of sp³-hybridized carbons (Fsp3) is 0.154. The minimum absolute atomic E-state index is 0.548. The Balaban J connectivity index is 2.76. The van der Waals surface area contributed by atoms with Crippen molar-refractivity contribution in [3.05, 3.63) is 40.6 Å². The molecule has 0 spiro atoms. The Morgan fingerprint density at radius 3 is 2.82 bits per heavy atom. The Morgan fingerprint density at radius 1 is 1.47 bits per heavy atom. The molecule has 2 aromatic rings. The van der Waals surface area contributed by atoms with Gasteiger partial charge in [-0.1, -0.05) is 29.8 Å².